The Morgan fingerprint density at radius 2 is 2.15 bits per heavy atom. The normalized spacial score (nSPS) is 11.2. The number of hydrazone groups is 1. The van der Waals surface area contributed by atoms with Crippen molar-refractivity contribution in [3.63, 3.8) is 0 Å². The number of nitrogens with zero attached hydrogens (tertiary/aromatic N) is 3. The van der Waals surface area contributed by atoms with Crippen LogP contribution in [0.1, 0.15) is 18.1 Å². The number of halogens is 1. The second kappa shape index (κ2) is 6.50. The van der Waals surface area contributed by atoms with E-state index in [0.717, 1.165) is 5.56 Å². The van der Waals surface area contributed by atoms with E-state index < -0.39 is 0 Å². The molecule has 0 saturated heterocycles. The second-order valence-corrected chi connectivity index (χ2v) is 5.39. The van der Waals surface area contributed by atoms with Crippen LogP contribution in [0.3, 0.4) is 0 Å². The molecule has 102 valence electrons. The number of thioether (sulfide) groups is 1. The van der Waals surface area contributed by atoms with Crippen LogP contribution in [0.5, 0.6) is 0 Å². The van der Waals surface area contributed by atoms with Crippen molar-refractivity contribution in [3.05, 3.63) is 41.2 Å². The number of hydrogen-bond donors (Lipinski definition) is 1. The van der Waals surface area contributed by atoms with Gasteiger partial charge < -0.3 is 0 Å². The van der Waals surface area contributed by atoms with E-state index in [0.29, 0.717) is 21.3 Å². The molecule has 2 aromatic rings. The van der Waals surface area contributed by atoms with Crippen molar-refractivity contribution in [3.8, 4) is 6.07 Å². The van der Waals surface area contributed by atoms with Crippen LogP contribution in [-0.4, -0.2) is 16.3 Å². The third-order valence-corrected chi connectivity index (χ3v) is 4.10. The molecule has 0 aliphatic rings. The highest BCUT2D eigenvalue weighted by Gasteiger charge is 2.12. The number of nitrogens with one attached hydrogen (secondary N) is 1. The van der Waals surface area contributed by atoms with Gasteiger partial charge in [0.05, 0.1) is 5.71 Å². The van der Waals surface area contributed by atoms with Gasteiger partial charge in [0.25, 0.3) is 0 Å². The van der Waals surface area contributed by atoms with Crippen LogP contribution in [-0.2, 0) is 0 Å². The molecule has 0 unspecified atom stereocenters. The second-order valence-electron chi connectivity index (χ2n) is 3.82. The first kappa shape index (κ1) is 14.5. The van der Waals surface area contributed by atoms with E-state index in [-0.39, 0.29) is 5.82 Å². The van der Waals surface area contributed by atoms with Crippen molar-refractivity contribution in [2.75, 3.05) is 11.7 Å². The van der Waals surface area contributed by atoms with E-state index in [2.05, 4.69) is 21.0 Å². The summed E-state index contributed by atoms with van der Waals surface area (Å²) in [5.41, 5.74) is 4.86. The minimum absolute atomic E-state index is 0.284. The third-order valence-electron chi connectivity index (χ3n) is 2.55. The van der Waals surface area contributed by atoms with Gasteiger partial charge in [-0.1, -0.05) is 12.1 Å². The highest BCUT2D eigenvalue weighted by Crippen LogP contribution is 2.29. The van der Waals surface area contributed by atoms with Gasteiger partial charge in [-0.05, 0) is 42.4 Å². The Morgan fingerprint density at radius 3 is 2.75 bits per heavy atom. The molecular formula is C13H11FN4S2. The molecule has 4 nitrogen and oxygen atoms in total. The van der Waals surface area contributed by atoms with Crippen LogP contribution < -0.4 is 5.43 Å². The van der Waals surface area contributed by atoms with Gasteiger partial charge in [0.15, 0.2) is 0 Å². The van der Waals surface area contributed by atoms with Crippen LogP contribution in [0.4, 0.5) is 9.39 Å². The lowest BCUT2D eigenvalue weighted by Gasteiger charge is -2.02. The molecule has 0 bridgehead atoms. The van der Waals surface area contributed by atoms with Crippen LogP contribution in [0.25, 0.3) is 0 Å². The first-order valence-electron chi connectivity index (χ1n) is 5.65. The fourth-order valence-electron chi connectivity index (χ4n) is 1.48. The summed E-state index contributed by atoms with van der Waals surface area (Å²) in [6.45, 7) is 1.81. The first-order chi connectivity index (χ1) is 9.65. The number of hydrogen-bond acceptors (Lipinski definition) is 6. The van der Waals surface area contributed by atoms with Gasteiger partial charge in [0.2, 0.25) is 0 Å². The zero-order valence-corrected chi connectivity index (χ0v) is 12.5. The van der Waals surface area contributed by atoms with E-state index in [4.69, 9.17) is 5.26 Å². The number of benzene rings is 1. The Bertz CT molecular complexity index is 671. The number of rotatable bonds is 4. The molecular weight excluding hydrogens is 295 g/mol. The molecule has 0 aliphatic heterocycles. The fraction of sp³-hybridized carbons (Fsp3) is 0.154. The molecule has 0 amide bonds. The monoisotopic (exact) mass is 306 g/mol. The molecule has 0 fully saturated rings. The molecule has 7 heteroatoms. The minimum atomic E-state index is -0.284. The summed E-state index contributed by atoms with van der Waals surface area (Å²) >= 11 is 2.61. The summed E-state index contributed by atoms with van der Waals surface area (Å²) in [6, 6.07) is 8.18. The first-order valence-corrected chi connectivity index (χ1v) is 7.65. The van der Waals surface area contributed by atoms with Gasteiger partial charge in [-0.25, -0.2) is 4.39 Å². The van der Waals surface area contributed by atoms with Gasteiger partial charge in [-0.3, -0.25) is 5.43 Å². The maximum atomic E-state index is 12.8. The van der Waals surface area contributed by atoms with Gasteiger partial charge in [-0.2, -0.15) is 14.7 Å². The quantitative estimate of drug-likeness (QED) is 0.531. The smallest absolute Gasteiger partial charge is 0.148 e. The van der Waals surface area contributed by atoms with Crippen LogP contribution in [0, 0.1) is 17.1 Å². The molecule has 0 radical (unpaired) electrons. The van der Waals surface area contributed by atoms with Crippen molar-refractivity contribution in [1.29, 1.82) is 5.26 Å². The average Bonchev–Trinajstić information content (AvgIpc) is 2.87. The van der Waals surface area contributed by atoms with Crippen LogP contribution >= 0.6 is 23.3 Å². The highest BCUT2D eigenvalue weighted by molar-refractivity contribution is 7.98. The topological polar surface area (TPSA) is 61.1 Å². The largest absolute Gasteiger partial charge is 0.266 e. The maximum absolute atomic E-state index is 12.8. The van der Waals surface area contributed by atoms with Gasteiger partial charge in [0, 0.05) is 0 Å². The van der Waals surface area contributed by atoms with E-state index in [1.807, 2.05) is 13.2 Å². The molecule has 1 aromatic heterocycles. The lowest BCUT2D eigenvalue weighted by molar-refractivity contribution is 0.628. The molecule has 20 heavy (non-hydrogen) atoms. The summed E-state index contributed by atoms with van der Waals surface area (Å²) in [5, 5.41) is 14.6. The Kier molecular flexibility index (Phi) is 4.71. The zero-order valence-electron chi connectivity index (χ0n) is 10.8. The van der Waals surface area contributed by atoms with E-state index in [9.17, 15) is 4.39 Å². The van der Waals surface area contributed by atoms with Crippen molar-refractivity contribution in [2.24, 2.45) is 5.10 Å². The van der Waals surface area contributed by atoms with E-state index in [1.54, 1.807) is 12.1 Å². The summed E-state index contributed by atoms with van der Waals surface area (Å²) in [7, 11) is 0. The molecule has 1 N–H and O–H groups in total. The molecule has 1 aromatic carbocycles. The lowest BCUT2D eigenvalue weighted by Crippen LogP contribution is -1.99. The Hall–Kier alpha value is -1.91. The summed E-state index contributed by atoms with van der Waals surface area (Å²) in [4.78, 5) is 0. The van der Waals surface area contributed by atoms with E-state index >= 15 is 0 Å². The predicted octanol–water partition coefficient (Wildman–Crippen LogP) is 3.71. The Labute approximate surface area is 124 Å². The third kappa shape index (κ3) is 3.15. The Morgan fingerprint density at radius 1 is 1.45 bits per heavy atom. The summed E-state index contributed by atoms with van der Waals surface area (Å²) in [6.07, 6.45) is 1.87. The molecule has 0 aliphatic carbocycles. The zero-order chi connectivity index (χ0) is 14.5. The molecule has 1 heterocycles. The SMILES string of the molecule is CSc1nsc(N/N=C(\C)c2ccc(F)cc2)c1C#N. The van der Waals surface area contributed by atoms with Crippen molar-refractivity contribution in [2.45, 2.75) is 11.9 Å². The molecule has 0 spiro atoms. The fourth-order valence-corrected chi connectivity index (χ4v) is 2.89. The van der Waals surface area contributed by atoms with Crippen LogP contribution in [0.15, 0.2) is 34.4 Å². The van der Waals surface area contributed by atoms with Gasteiger partial charge >= 0.3 is 0 Å². The number of aromatic nitrogens is 1. The van der Waals surface area contributed by atoms with Crippen molar-refractivity contribution in [1.82, 2.24) is 4.37 Å². The minimum Gasteiger partial charge on any atom is -0.266 e. The predicted molar refractivity (Wildman–Crippen MR) is 80.8 cm³/mol. The van der Waals surface area contributed by atoms with Crippen molar-refractivity contribution >= 4 is 34.0 Å². The summed E-state index contributed by atoms with van der Waals surface area (Å²) < 4.78 is 17.0. The maximum Gasteiger partial charge on any atom is 0.148 e. The van der Waals surface area contributed by atoms with Crippen molar-refractivity contribution < 1.29 is 4.39 Å². The van der Waals surface area contributed by atoms with E-state index in [1.165, 1.54) is 35.4 Å². The summed E-state index contributed by atoms with van der Waals surface area (Å²) in [5.74, 6) is -0.284. The average molecular weight is 306 g/mol. The molecule has 0 atom stereocenters. The van der Waals surface area contributed by atoms with Gasteiger partial charge in [0.1, 0.15) is 27.5 Å². The molecule has 0 saturated carbocycles. The standard InChI is InChI=1S/C13H11FN4S2/c1-8(9-3-5-10(14)6-4-9)16-17-12-11(7-15)13(19-2)18-20-12/h3-6,17H,1-2H3/b16-8+. The van der Waals surface area contributed by atoms with Crippen LogP contribution in [0.2, 0.25) is 0 Å². The lowest BCUT2D eigenvalue weighted by atomic mass is 10.1. The number of nitriles is 1. The highest BCUT2D eigenvalue weighted by atomic mass is 32.2. The Balaban J connectivity index is 2.19. The number of anilines is 1. The van der Waals surface area contributed by atoms with Gasteiger partial charge in [-0.15, -0.1) is 11.8 Å². The molecule has 2 rings (SSSR count).